The lowest BCUT2D eigenvalue weighted by molar-refractivity contribution is -0.136. The molecule has 2 aliphatic heterocycles. The first kappa shape index (κ1) is 22.3. The molecule has 2 aromatic rings. The predicted octanol–water partition coefficient (Wildman–Crippen LogP) is 2.70. The number of nitriles is 1. The molecule has 0 aromatic heterocycles. The van der Waals surface area contributed by atoms with Crippen LogP contribution in [-0.4, -0.2) is 62.8 Å². The van der Waals surface area contributed by atoms with Crippen molar-refractivity contribution < 1.29 is 13.2 Å². The van der Waals surface area contributed by atoms with Gasteiger partial charge in [0.1, 0.15) is 0 Å². The Morgan fingerprint density at radius 1 is 0.906 bits per heavy atom. The molecular weight excluding hydrogens is 424 g/mol. The molecule has 0 spiro atoms. The first-order chi connectivity index (χ1) is 15.5. The zero-order valence-corrected chi connectivity index (χ0v) is 18.9. The summed E-state index contributed by atoms with van der Waals surface area (Å²) >= 11 is 0. The fourth-order valence-electron chi connectivity index (χ4n) is 4.50. The first-order valence-corrected chi connectivity index (χ1v) is 12.5. The maximum atomic E-state index is 13.3. The number of rotatable bonds is 4. The Kier molecular flexibility index (Phi) is 6.77. The van der Waals surface area contributed by atoms with Gasteiger partial charge < -0.3 is 9.80 Å². The molecule has 0 aliphatic carbocycles. The van der Waals surface area contributed by atoms with Crippen LogP contribution in [0.1, 0.15) is 24.8 Å². The van der Waals surface area contributed by atoms with Crippen molar-refractivity contribution in [2.45, 2.75) is 24.2 Å². The molecule has 1 unspecified atom stereocenters. The van der Waals surface area contributed by atoms with E-state index >= 15 is 0 Å². The third-order valence-corrected chi connectivity index (χ3v) is 8.16. The Morgan fingerprint density at radius 3 is 2.38 bits per heavy atom. The summed E-state index contributed by atoms with van der Waals surface area (Å²) in [5, 5.41) is 8.99. The summed E-state index contributed by atoms with van der Waals surface area (Å²) in [6.45, 7) is 3.54. The van der Waals surface area contributed by atoms with Crippen LogP contribution in [0.4, 0.5) is 5.69 Å². The van der Waals surface area contributed by atoms with Crippen LogP contribution in [0.2, 0.25) is 0 Å². The Labute approximate surface area is 189 Å². The van der Waals surface area contributed by atoms with Crippen LogP contribution in [0.25, 0.3) is 0 Å². The Balaban J connectivity index is 1.40. The van der Waals surface area contributed by atoms with E-state index in [1.54, 1.807) is 30.3 Å². The van der Waals surface area contributed by atoms with Gasteiger partial charge >= 0.3 is 0 Å². The van der Waals surface area contributed by atoms with Gasteiger partial charge in [0.2, 0.25) is 15.9 Å². The normalized spacial score (nSPS) is 20.4. The van der Waals surface area contributed by atoms with Gasteiger partial charge in [-0.15, -0.1) is 0 Å². The molecule has 168 valence electrons. The number of amides is 1. The van der Waals surface area contributed by atoms with E-state index in [0.29, 0.717) is 31.6 Å². The summed E-state index contributed by atoms with van der Waals surface area (Å²) < 4.78 is 27.5. The van der Waals surface area contributed by atoms with Gasteiger partial charge in [-0.05, 0) is 55.7 Å². The molecule has 4 rings (SSSR count). The molecule has 0 N–H and O–H groups in total. The van der Waals surface area contributed by atoms with Crippen LogP contribution in [0.5, 0.6) is 0 Å². The molecule has 2 aromatic carbocycles. The number of sulfonamides is 1. The SMILES string of the molecule is N#Cc1ccc(N2CCCN(C(=O)C3CCCN(S(=O)(=O)c4ccccc4)C3)CC2)cc1. The molecule has 2 aliphatic rings. The molecule has 8 heteroatoms. The summed E-state index contributed by atoms with van der Waals surface area (Å²) in [6, 6.07) is 18.1. The average molecular weight is 453 g/mol. The number of anilines is 1. The second-order valence-corrected chi connectivity index (χ2v) is 10.3. The minimum Gasteiger partial charge on any atom is -0.370 e. The van der Waals surface area contributed by atoms with E-state index in [2.05, 4.69) is 11.0 Å². The van der Waals surface area contributed by atoms with E-state index in [4.69, 9.17) is 5.26 Å². The van der Waals surface area contributed by atoms with Crippen molar-refractivity contribution in [3.8, 4) is 6.07 Å². The molecule has 0 saturated carbocycles. The van der Waals surface area contributed by atoms with E-state index < -0.39 is 10.0 Å². The molecule has 1 amide bonds. The van der Waals surface area contributed by atoms with Crippen LogP contribution in [0.15, 0.2) is 59.5 Å². The van der Waals surface area contributed by atoms with Crippen LogP contribution >= 0.6 is 0 Å². The maximum Gasteiger partial charge on any atom is 0.243 e. The highest BCUT2D eigenvalue weighted by Gasteiger charge is 2.35. The third kappa shape index (κ3) is 4.79. The van der Waals surface area contributed by atoms with Gasteiger partial charge in [-0.1, -0.05) is 18.2 Å². The van der Waals surface area contributed by atoms with Crippen molar-refractivity contribution in [3.05, 3.63) is 60.2 Å². The van der Waals surface area contributed by atoms with Gasteiger partial charge in [-0.3, -0.25) is 4.79 Å². The van der Waals surface area contributed by atoms with Crippen molar-refractivity contribution in [2.24, 2.45) is 5.92 Å². The number of nitrogens with zero attached hydrogens (tertiary/aromatic N) is 4. The van der Waals surface area contributed by atoms with Crippen molar-refractivity contribution in [2.75, 3.05) is 44.2 Å². The number of carbonyl (C=O) groups is 1. The summed E-state index contributed by atoms with van der Waals surface area (Å²) in [5.41, 5.74) is 1.68. The van der Waals surface area contributed by atoms with E-state index in [9.17, 15) is 13.2 Å². The van der Waals surface area contributed by atoms with Gasteiger partial charge in [0.15, 0.2) is 0 Å². The smallest absolute Gasteiger partial charge is 0.243 e. The quantitative estimate of drug-likeness (QED) is 0.712. The summed E-state index contributed by atoms with van der Waals surface area (Å²) in [6.07, 6.45) is 2.26. The molecule has 2 heterocycles. The number of benzene rings is 2. The fourth-order valence-corrected chi connectivity index (χ4v) is 6.05. The molecule has 7 nitrogen and oxygen atoms in total. The monoisotopic (exact) mass is 452 g/mol. The topological polar surface area (TPSA) is 84.7 Å². The van der Waals surface area contributed by atoms with Gasteiger partial charge in [0.05, 0.1) is 22.4 Å². The van der Waals surface area contributed by atoms with Gasteiger partial charge in [0.25, 0.3) is 0 Å². The zero-order chi connectivity index (χ0) is 22.6. The lowest BCUT2D eigenvalue weighted by Crippen LogP contribution is -2.47. The van der Waals surface area contributed by atoms with Crippen LogP contribution in [0, 0.1) is 17.2 Å². The van der Waals surface area contributed by atoms with Crippen molar-refractivity contribution in [1.82, 2.24) is 9.21 Å². The second kappa shape index (κ2) is 9.72. The largest absolute Gasteiger partial charge is 0.370 e. The molecule has 0 bridgehead atoms. The maximum absolute atomic E-state index is 13.3. The number of carbonyl (C=O) groups excluding carboxylic acids is 1. The lowest BCUT2D eigenvalue weighted by atomic mass is 9.98. The predicted molar refractivity (Wildman–Crippen MR) is 122 cm³/mol. The molecule has 0 radical (unpaired) electrons. The molecular formula is C24H28N4O3S. The minimum atomic E-state index is -3.59. The second-order valence-electron chi connectivity index (χ2n) is 8.34. The van der Waals surface area contributed by atoms with E-state index in [0.717, 1.165) is 31.6 Å². The Bertz CT molecular complexity index is 1080. The molecule has 1 atom stereocenters. The highest BCUT2D eigenvalue weighted by molar-refractivity contribution is 7.89. The van der Waals surface area contributed by atoms with Crippen LogP contribution in [0.3, 0.4) is 0 Å². The molecule has 2 fully saturated rings. The summed E-state index contributed by atoms with van der Waals surface area (Å²) in [5.74, 6) is -0.247. The van der Waals surface area contributed by atoms with E-state index in [1.807, 2.05) is 29.2 Å². The number of hydrogen-bond acceptors (Lipinski definition) is 5. The number of hydrogen-bond donors (Lipinski definition) is 0. The first-order valence-electron chi connectivity index (χ1n) is 11.1. The van der Waals surface area contributed by atoms with Gasteiger partial charge in [-0.2, -0.15) is 9.57 Å². The minimum absolute atomic E-state index is 0.0552. The molecule has 32 heavy (non-hydrogen) atoms. The highest BCUT2D eigenvalue weighted by Crippen LogP contribution is 2.26. The van der Waals surface area contributed by atoms with Crippen molar-refractivity contribution in [1.29, 1.82) is 5.26 Å². The Hall–Kier alpha value is -2.89. The lowest BCUT2D eigenvalue weighted by Gasteiger charge is -2.34. The summed E-state index contributed by atoms with van der Waals surface area (Å²) in [7, 11) is -3.59. The standard InChI is InChI=1S/C24H28N4O3S/c25-18-20-9-11-22(12-10-20)26-13-5-14-27(17-16-26)24(29)21-6-4-15-28(19-21)32(30,31)23-7-2-1-3-8-23/h1-3,7-12,21H,4-6,13-17,19H2. The van der Waals surface area contributed by atoms with Crippen molar-refractivity contribution >= 4 is 21.6 Å². The highest BCUT2D eigenvalue weighted by atomic mass is 32.2. The summed E-state index contributed by atoms with van der Waals surface area (Å²) in [4.78, 5) is 17.7. The number of piperidine rings is 1. The zero-order valence-electron chi connectivity index (χ0n) is 18.1. The average Bonchev–Trinajstić information content (AvgIpc) is 3.11. The van der Waals surface area contributed by atoms with E-state index in [1.165, 1.54) is 4.31 Å². The van der Waals surface area contributed by atoms with Gasteiger partial charge in [0, 0.05) is 45.0 Å². The van der Waals surface area contributed by atoms with Gasteiger partial charge in [-0.25, -0.2) is 8.42 Å². The third-order valence-electron chi connectivity index (χ3n) is 6.28. The van der Waals surface area contributed by atoms with Crippen LogP contribution < -0.4 is 4.90 Å². The van der Waals surface area contributed by atoms with Crippen LogP contribution in [-0.2, 0) is 14.8 Å². The fraction of sp³-hybridized carbons (Fsp3) is 0.417. The Morgan fingerprint density at radius 2 is 1.66 bits per heavy atom. The molecule has 2 saturated heterocycles. The van der Waals surface area contributed by atoms with Crippen molar-refractivity contribution in [3.63, 3.8) is 0 Å². The van der Waals surface area contributed by atoms with E-state index in [-0.39, 0.29) is 23.3 Å².